The fourth-order valence-corrected chi connectivity index (χ4v) is 3.37. The van der Waals surface area contributed by atoms with Crippen molar-refractivity contribution in [3.8, 4) is 5.75 Å². The molecule has 1 unspecified atom stereocenters. The van der Waals surface area contributed by atoms with Crippen molar-refractivity contribution < 1.29 is 17.9 Å². The van der Waals surface area contributed by atoms with Gasteiger partial charge in [0.15, 0.2) is 9.84 Å². The van der Waals surface area contributed by atoms with Crippen LogP contribution in [0.3, 0.4) is 0 Å². The van der Waals surface area contributed by atoms with E-state index in [2.05, 4.69) is 0 Å². The molecule has 0 aliphatic carbocycles. The molecule has 0 aromatic heterocycles. The van der Waals surface area contributed by atoms with Crippen molar-refractivity contribution in [3.05, 3.63) is 29.8 Å². The zero-order valence-corrected chi connectivity index (χ0v) is 13.6. The third-order valence-electron chi connectivity index (χ3n) is 3.02. The molecule has 21 heavy (non-hydrogen) atoms. The molecule has 2 N–H and O–H groups in total. The Morgan fingerprint density at radius 1 is 1.19 bits per heavy atom. The SMILES string of the molecule is CCCOc1ccc(C(N)CS(=O)(=O)CCCOC)cc1. The normalized spacial score (nSPS) is 13.1. The van der Waals surface area contributed by atoms with E-state index in [4.69, 9.17) is 15.2 Å². The fraction of sp³-hybridized carbons (Fsp3) is 0.600. The topological polar surface area (TPSA) is 78.6 Å². The molecule has 0 spiro atoms. The summed E-state index contributed by atoms with van der Waals surface area (Å²) in [4.78, 5) is 0. The van der Waals surface area contributed by atoms with Crippen LogP contribution in [-0.2, 0) is 14.6 Å². The van der Waals surface area contributed by atoms with Crippen LogP contribution in [0.1, 0.15) is 31.4 Å². The quantitative estimate of drug-likeness (QED) is 0.667. The summed E-state index contributed by atoms with van der Waals surface area (Å²) in [5.41, 5.74) is 6.78. The van der Waals surface area contributed by atoms with Crippen molar-refractivity contribution in [1.82, 2.24) is 0 Å². The van der Waals surface area contributed by atoms with E-state index < -0.39 is 15.9 Å². The summed E-state index contributed by atoms with van der Waals surface area (Å²) in [5, 5.41) is 0. The first-order chi connectivity index (χ1) is 9.98. The second-order valence-corrected chi connectivity index (χ2v) is 7.21. The summed E-state index contributed by atoms with van der Waals surface area (Å²) in [6.07, 6.45) is 1.44. The highest BCUT2D eigenvalue weighted by atomic mass is 32.2. The van der Waals surface area contributed by atoms with Gasteiger partial charge in [0.05, 0.1) is 18.1 Å². The highest BCUT2D eigenvalue weighted by Crippen LogP contribution is 2.18. The van der Waals surface area contributed by atoms with Crippen LogP contribution < -0.4 is 10.5 Å². The third-order valence-corrected chi connectivity index (χ3v) is 4.80. The lowest BCUT2D eigenvalue weighted by atomic mass is 10.1. The molecule has 5 nitrogen and oxygen atoms in total. The molecule has 0 aliphatic heterocycles. The summed E-state index contributed by atoms with van der Waals surface area (Å²) in [6, 6.07) is 6.77. The Labute approximate surface area is 127 Å². The number of rotatable bonds is 10. The molecule has 0 saturated heterocycles. The molecule has 0 heterocycles. The van der Waals surface area contributed by atoms with Gasteiger partial charge >= 0.3 is 0 Å². The number of hydrogen-bond acceptors (Lipinski definition) is 5. The number of ether oxygens (including phenoxy) is 2. The number of methoxy groups -OCH3 is 1. The molecule has 0 radical (unpaired) electrons. The lowest BCUT2D eigenvalue weighted by molar-refractivity contribution is 0.199. The Balaban J connectivity index is 2.56. The van der Waals surface area contributed by atoms with E-state index >= 15 is 0 Å². The fourth-order valence-electron chi connectivity index (χ4n) is 1.91. The van der Waals surface area contributed by atoms with Crippen LogP contribution in [0.15, 0.2) is 24.3 Å². The average molecular weight is 315 g/mol. The predicted molar refractivity (Wildman–Crippen MR) is 84.3 cm³/mol. The summed E-state index contributed by atoms with van der Waals surface area (Å²) in [7, 11) is -1.61. The van der Waals surface area contributed by atoms with Crippen LogP contribution in [0.5, 0.6) is 5.75 Å². The van der Waals surface area contributed by atoms with Crippen molar-refractivity contribution in [3.63, 3.8) is 0 Å². The van der Waals surface area contributed by atoms with Gasteiger partial charge in [-0.3, -0.25) is 0 Å². The van der Waals surface area contributed by atoms with E-state index in [0.717, 1.165) is 17.7 Å². The summed E-state index contributed by atoms with van der Waals surface area (Å²) < 4.78 is 34.2. The van der Waals surface area contributed by atoms with E-state index in [1.54, 1.807) is 7.11 Å². The maximum atomic E-state index is 11.9. The van der Waals surface area contributed by atoms with Crippen molar-refractivity contribution in [2.24, 2.45) is 5.73 Å². The number of hydrogen-bond donors (Lipinski definition) is 1. The van der Waals surface area contributed by atoms with Gasteiger partial charge in [0.1, 0.15) is 5.75 Å². The zero-order chi connectivity index (χ0) is 15.7. The summed E-state index contributed by atoms with van der Waals surface area (Å²) >= 11 is 0. The molecule has 1 aromatic carbocycles. The van der Waals surface area contributed by atoms with E-state index in [9.17, 15) is 8.42 Å². The number of benzene rings is 1. The predicted octanol–water partition coefficient (Wildman–Crippen LogP) is 1.93. The first kappa shape index (κ1) is 17.9. The van der Waals surface area contributed by atoms with Crippen LogP contribution in [0.2, 0.25) is 0 Å². The summed E-state index contributed by atoms with van der Waals surface area (Å²) in [6.45, 7) is 3.15. The largest absolute Gasteiger partial charge is 0.494 e. The van der Waals surface area contributed by atoms with Gasteiger partial charge in [0.2, 0.25) is 0 Å². The second-order valence-electron chi connectivity index (χ2n) is 4.98. The third kappa shape index (κ3) is 6.93. The van der Waals surface area contributed by atoms with Crippen LogP contribution >= 0.6 is 0 Å². The smallest absolute Gasteiger partial charge is 0.152 e. The number of sulfone groups is 1. The van der Waals surface area contributed by atoms with E-state index in [1.807, 2.05) is 31.2 Å². The molecule has 120 valence electrons. The zero-order valence-electron chi connectivity index (χ0n) is 12.7. The lowest BCUT2D eigenvalue weighted by Crippen LogP contribution is -2.24. The summed E-state index contributed by atoms with van der Waals surface area (Å²) in [5.74, 6) is 0.828. The molecular weight excluding hydrogens is 290 g/mol. The van der Waals surface area contributed by atoms with Crippen LogP contribution in [-0.4, -0.2) is 40.2 Å². The Kier molecular flexibility index (Phi) is 7.71. The highest BCUT2D eigenvalue weighted by molar-refractivity contribution is 7.91. The van der Waals surface area contributed by atoms with Crippen molar-refractivity contribution in [1.29, 1.82) is 0 Å². The maximum absolute atomic E-state index is 11.9. The minimum Gasteiger partial charge on any atom is -0.494 e. The highest BCUT2D eigenvalue weighted by Gasteiger charge is 2.17. The average Bonchev–Trinajstić information content (AvgIpc) is 2.45. The van der Waals surface area contributed by atoms with Gasteiger partial charge in [0, 0.05) is 19.8 Å². The van der Waals surface area contributed by atoms with Crippen molar-refractivity contribution in [2.45, 2.75) is 25.8 Å². The first-order valence-corrected chi connectivity index (χ1v) is 8.98. The number of nitrogens with two attached hydrogens (primary N) is 1. The lowest BCUT2D eigenvalue weighted by Gasteiger charge is -2.13. The molecule has 1 rings (SSSR count). The Morgan fingerprint density at radius 2 is 1.86 bits per heavy atom. The Morgan fingerprint density at radius 3 is 2.43 bits per heavy atom. The molecule has 0 aliphatic rings. The molecule has 1 aromatic rings. The Hall–Kier alpha value is -1.11. The standard InChI is InChI=1S/C15H25NO4S/c1-3-9-20-14-7-5-13(6-8-14)15(16)12-21(17,18)11-4-10-19-2/h5-8,15H,3-4,9-12,16H2,1-2H3. The van der Waals surface area contributed by atoms with Crippen molar-refractivity contribution in [2.75, 3.05) is 31.8 Å². The van der Waals surface area contributed by atoms with Crippen LogP contribution in [0, 0.1) is 0 Å². The van der Waals surface area contributed by atoms with Crippen LogP contribution in [0.25, 0.3) is 0 Å². The minimum absolute atomic E-state index is 0.0497. The Bertz CT molecular complexity index is 499. The van der Waals surface area contributed by atoms with Gasteiger partial charge in [-0.05, 0) is 30.5 Å². The van der Waals surface area contributed by atoms with Gasteiger partial charge in [0.25, 0.3) is 0 Å². The second kappa shape index (κ2) is 9.02. The minimum atomic E-state index is -3.16. The first-order valence-electron chi connectivity index (χ1n) is 7.16. The molecule has 0 saturated carbocycles. The van der Waals surface area contributed by atoms with E-state index in [1.165, 1.54) is 0 Å². The molecule has 0 bridgehead atoms. The van der Waals surface area contributed by atoms with Gasteiger partial charge < -0.3 is 15.2 Å². The molecule has 6 heteroatoms. The van der Waals surface area contributed by atoms with E-state index in [-0.39, 0.29) is 11.5 Å². The monoisotopic (exact) mass is 315 g/mol. The van der Waals surface area contributed by atoms with Crippen LogP contribution in [0.4, 0.5) is 0 Å². The van der Waals surface area contributed by atoms with Gasteiger partial charge in [-0.1, -0.05) is 19.1 Å². The molecule has 0 fully saturated rings. The van der Waals surface area contributed by atoms with Gasteiger partial charge in [-0.2, -0.15) is 0 Å². The maximum Gasteiger partial charge on any atom is 0.152 e. The molecule has 1 atom stereocenters. The van der Waals surface area contributed by atoms with Crippen molar-refractivity contribution >= 4 is 9.84 Å². The molecule has 0 amide bonds. The van der Waals surface area contributed by atoms with Gasteiger partial charge in [-0.25, -0.2) is 8.42 Å². The molecular formula is C15H25NO4S. The van der Waals surface area contributed by atoms with E-state index in [0.29, 0.717) is 19.6 Å². The van der Waals surface area contributed by atoms with Gasteiger partial charge in [-0.15, -0.1) is 0 Å².